The molecule has 0 saturated heterocycles. The van der Waals surface area contributed by atoms with Gasteiger partial charge in [-0.25, -0.2) is 15.0 Å². The molecule has 0 saturated carbocycles. The maximum atomic E-state index is 12.8. The first-order chi connectivity index (χ1) is 18.7. The van der Waals surface area contributed by atoms with Crippen LogP contribution in [0, 0.1) is 0 Å². The molecule has 1 amide bonds. The van der Waals surface area contributed by atoms with E-state index >= 15 is 0 Å². The average molecular weight is 602 g/mol. The Balaban J connectivity index is 1.57. The van der Waals surface area contributed by atoms with Crippen molar-refractivity contribution in [2.24, 2.45) is 5.10 Å². The lowest BCUT2D eigenvalue weighted by molar-refractivity contribution is 0.0732. The number of hydrazone groups is 1. The number of hydrogen-bond acceptors (Lipinski definition) is 6. The molecule has 0 aliphatic carbocycles. The molecular weight excluding hydrogens is 586 g/mol. The lowest BCUT2D eigenvalue weighted by atomic mass is 10.2. The topological polar surface area (TPSA) is 94.1 Å². The molecule has 0 bridgehead atoms. The van der Waals surface area contributed by atoms with Crippen LogP contribution in [0.25, 0.3) is 0 Å². The number of benzene rings is 4. The summed E-state index contributed by atoms with van der Waals surface area (Å²) in [5, 5.41) is 5.39. The van der Waals surface area contributed by atoms with Gasteiger partial charge in [0.05, 0.1) is 27.9 Å². The lowest BCUT2D eigenvalue weighted by Gasteiger charge is -2.11. The van der Waals surface area contributed by atoms with Gasteiger partial charge in [0.15, 0.2) is 0 Å². The first-order valence-electron chi connectivity index (χ1n) is 11.1. The number of nitrogens with one attached hydrogen (secondary N) is 1. The Bertz CT molecular complexity index is 1570. The van der Waals surface area contributed by atoms with Gasteiger partial charge in [0.1, 0.15) is 11.5 Å². The highest BCUT2D eigenvalue weighted by Gasteiger charge is 2.16. The van der Waals surface area contributed by atoms with Crippen LogP contribution in [0.2, 0.25) is 20.1 Å². The average Bonchev–Trinajstić information content (AvgIpc) is 2.90. The van der Waals surface area contributed by atoms with Crippen LogP contribution in [0.5, 0.6) is 11.5 Å². The van der Waals surface area contributed by atoms with E-state index < -0.39 is 17.8 Å². The summed E-state index contributed by atoms with van der Waals surface area (Å²) in [4.78, 5) is 37.8. The number of amides is 1. The van der Waals surface area contributed by atoms with Crippen molar-refractivity contribution in [1.29, 1.82) is 0 Å². The van der Waals surface area contributed by atoms with E-state index in [1.165, 1.54) is 66.9 Å². The molecule has 0 spiro atoms. The maximum Gasteiger partial charge on any atom is 0.343 e. The van der Waals surface area contributed by atoms with Gasteiger partial charge >= 0.3 is 11.9 Å². The minimum Gasteiger partial charge on any atom is -0.423 e. The van der Waals surface area contributed by atoms with E-state index in [0.717, 1.165) is 0 Å². The third kappa shape index (κ3) is 7.59. The largest absolute Gasteiger partial charge is 0.423 e. The third-order valence-electron chi connectivity index (χ3n) is 5.10. The van der Waals surface area contributed by atoms with Gasteiger partial charge in [0, 0.05) is 26.7 Å². The van der Waals surface area contributed by atoms with Crippen LogP contribution < -0.4 is 14.9 Å². The van der Waals surface area contributed by atoms with E-state index in [0.29, 0.717) is 20.6 Å². The number of esters is 2. The van der Waals surface area contributed by atoms with Gasteiger partial charge in [-0.15, -0.1) is 0 Å². The van der Waals surface area contributed by atoms with Gasteiger partial charge < -0.3 is 9.47 Å². The van der Waals surface area contributed by atoms with Crippen molar-refractivity contribution in [1.82, 2.24) is 5.43 Å². The molecule has 0 atom stereocenters. The molecule has 0 heterocycles. The molecule has 0 aliphatic heterocycles. The van der Waals surface area contributed by atoms with E-state index in [1.807, 2.05) is 0 Å². The number of ether oxygens (including phenoxy) is 2. The van der Waals surface area contributed by atoms with E-state index in [1.54, 1.807) is 24.3 Å². The monoisotopic (exact) mass is 600 g/mol. The summed E-state index contributed by atoms with van der Waals surface area (Å²) in [7, 11) is 0. The minimum absolute atomic E-state index is 0.0129. The van der Waals surface area contributed by atoms with Gasteiger partial charge in [0.25, 0.3) is 5.91 Å². The molecule has 196 valence electrons. The fourth-order valence-electron chi connectivity index (χ4n) is 3.16. The lowest BCUT2D eigenvalue weighted by Crippen LogP contribution is -2.18. The molecule has 0 unspecified atom stereocenters. The fraction of sp³-hybridized carbons (Fsp3) is 0. The van der Waals surface area contributed by atoms with Crippen molar-refractivity contribution in [2.75, 3.05) is 0 Å². The first kappa shape index (κ1) is 28.1. The van der Waals surface area contributed by atoms with Crippen molar-refractivity contribution >= 4 is 70.5 Å². The molecule has 11 heteroatoms. The summed E-state index contributed by atoms with van der Waals surface area (Å²) < 4.78 is 11.0. The molecule has 0 aliphatic rings. The standard InChI is InChI=1S/C28H16Cl4N2O5/c29-19-6-1-16(2-7-19)27(36)38-22-11-5-18(15-33-34-26(35)23-12-10-21(31)13-24(23)32)25(14-22)39-28(37)17-3-8-20(30)9-4-17/h1-15H,(H,34,35)/b33-15-. The van der Waals surface area contributed by atoms with E-state index in [2.05, 4.69) is 10.5 Å². The van der Waals surface area contributed by atoms with Crippen molar-refractivity contribution in [3.05, 3.63) is 127 Å². The molecule has 1 N–H and O–H groups in total. The maximum absolute atomic E-state index is 12.8. The van der Waals surface area contributed by atoms with Gasteiger partial charge in [0.2, 0.25) is 0 Å². The van der Waals surface area contributed by atoms with Crippen LogP contribution in [-0.2, 0) is 0 Å². The molecule has 0 fully saturated rings. The molecule has 0 aromatic heterocycles. The van der Waals surface area contributed by atoms with Crippen molar-refractivity contribution in [2.45, 2.75) is 0 Å². The zero-order valence-corrected chi connectivity index (χ0v) is 22.7. The second-order valence-corrected chi connectivity index (χ2v) is 9.53. The Morgan fingerprint density at radius 2 is 1.23 bits per heavy atom. The number of carbonyl (C=O) groups excluding carboxylic acids is 3. The number of hydrogen-bond donors (Lipinski definition) is 1. The summed E-state index contributed by atoms with van der Waals surface area (Å²) in [5.41, 5.74) is 3.32. The van der Waals surface area contributed by atoms with E-state index in [-0.39, 0.29) is 33.2 Å². The summed E-state index contributed by atoms with van der Waals surface area (Å²) in [5.74, 6) is -1.81. The van der Waals surface area contributed by atoms with Gasteiger partial charge in [-0.05, 0) is 78.9 Å². The smallest absolute Gasteiger partial charge is 0.343 e. The molecular formula is C28H16Cl4N2O5. The van der Waals surface area contributed by atoms with E-state index in [4.69, 9.17) is 55.9 Å². The SMILES string of the molecule is O=C(Oc1ccc(/C=N\NC(=O)c2ccc(Cl)cc2Cl)c(OC(=O)c2ccc(Cl)cc2)c1)c1ccc(Cl)cc1. The van der Waals surface area contributed by atoms with Gasteiger partial charge in [-0.2, -0.15) is 5.10 Å². The molecule has 4 aromatic rings. The van der Waals surface area contributed by atoms with Crippen molar-refractivity contribution in [3.63, 3.8) is 0 Å². The first-order valence-corrected chi connectivity index (χ1v) is 12.6. The number of nitrogens with zero attached hydrogens (tertiary/aromatic N) is 1. The Labute approximate surface area is 242 Å². The van der Waals surface area contributed by atoms with Crippen LogP contribution in [0.3, 0.4) is 0 Å². The fourth-order valence-corrected chi connectivity index (χ4v) is 3.91. The minimum atomic E-state index is -0.695. The van der Waals surface area contributed by atoms with E-state index in [9.17, 15) is 14.4 Å². The van der Waals surface area contributed by atoms with Crippen LogP contribution in [0.15, 0.2) is 90.0 Å². The van der Waals surface area contributed by atoms with Crippen molar-refractivity contribution in [3.8, 4) is 11.5 Å². The third-order valence-corrected chi connectivity index (χ3v) is 6.16. The Kier molecular flexibility index (Phi) is 9.22. The quantitative estimate of drug-likeness (QED) is 0.102. The van der Waals surface area contributed by atoms with Crippen LogP contribution in [0.1, 0.15) is 36.6 Å². The Hall–Kier alpha value is -3.88. The zero-order valence-electron chi connectivity index (χ0n) is 19.7. The molecule has 39 heavy (non-hydrogen) atoms. The molecule has 0 radical (unpaired) electrons. The number of carbonyl (C=O) groups is 3. The Morgan fingerprint density at radius 1 is 0.667 bits per heavy atom. The summed E-state index contributed by atoms with van der Waals surface area (Å²) >= 11 is 23.7. The van der Waals surface area contributed by atoms with Crippen LogP contribution in [0.4, 0.5) is 0 Å². The highest BCUT2D eigenvalue weighted by atomic mass is 35.5. The Morgan fingerprint density at radius 3 is 1.82 bits per heavy atom. The molecule has 4 rings (SSSR count). The second-order valence-electron chi connectivity index (χ2n) is 7.82. The highest BCUT2D eigenvalue weighted by molar-refractivity contribution is 6.36. The second kappa shape index (κ2) is 12.8. The molecule has 4 aromatic carbocycles. The number of halogens is 4. The van der Waals surface area contributed by atoms with Crippen molar-refractivity contribution < 1.29 is 23.9 Å². The number of rotatable bonds is 7. The van der Waals surface area contributed by atoms with Gasteiger partial charge in [-0.1, -0.05) is 46.4 Å². The van der Waals surface area contributed by atoms with Gasteiger partial charge in [-0.3, -0.25) is 4.79 Å². The predicted octanol–water partition coefficient (Wildman–Crippen LogP) is 7.50. The zero-order chi connectivity index (χ0) is 27.9. The van der Waals surface area contributed by atoms with Crippen LogP contribution >= 0.6 is 46.4 Å². The highest BCUT2D eigenvalue weighted by Crippen LogP contribution is 2.26. The molecule has 7 nitrogen and oxygen atoms in total. The summed E-state index contributed by atoms with van der Waals surface area (Å²) in [6.07, 6.45) is 1.26. The summed E-state index contributed by atoms with van der Waals surface area (Å²) in [6, 6.07) is 21.0. The predicted molar refractivity (Wildman–Crippen MR) is 151 cm³/mol. The normalized spacial score (nSPS) is 10.8. The van der Waals surface area contributed by atoms with Crippen LogP contribution in [-0.4, -0.2) is 24.1 Å². The summed E-state index contributed by atoms with van der Waals surface area (Å²) in [6.45, 7) is 0.